The molecule has 0 radical (unpaired) electrons. The van der Waals surface area contributed by atoms with E-state index < -0.39 is 0 Å². The quantitative estimate of drug-likeness (QED) is 0.630. The third-order valence-corrected chi connectivity index (χ3v) is 1.85. The summed E-state index contributed by atoms with van der Waals surface area (Å²) >= 11 is 0. The second kappa shape index (κ2) is 3.56. The maximum Gasteiger partial charge on any atom is 0.324 e. The Kier molecular flexibility index (Phi) is 2.68. The third-order valence-electron chi connectivity index (χ3n) is 1.85. The van der Waals surface area contributed by atoms with Crippen LogP contribution in [-0.4, -0.2) is 29.4 Å². The Morgan fingerprint density at radius 2 is 2.08 bits per heavy atom. The van der Waals surface area contributed by atoms with Gasteiger partial charge in [0.2, 0.25) is 5.91 Å². The summed E-state index contributed by atoms with van der Waals surface area (Å²) < 4.78 is 0. The zero-order valence-corrected chi connectivity index (χ0v) is 7.46. The van der Waals surface area contributed by atoms with Crippen molar-refractivity contribution < 1.29 is 9.59 Å². The Morgan fingerprint density at radius 1 is 1.42 bits per heavy atom. The van der Waals surface area contributed by atoms with Crippen LogP contribution in [0.15, 0.2) is 0 Å². The molecule has 0 aliphatic carbocycles. The average Bonchev–Trinajstić information content (AvgIpc) is 2.11. The number of hydrogen-bond donors (Lipinski definition) is 1. The molecule has 0 aromatic rings. The second-order valence-electron chi connectivity index (χ2n) is 3.19. The largest absolute Gasteiger partial charge is 0.338 e. The van der Waals surface area contributed by atoms with E-state index in [4.69, 9.17) is 0 Å². The predicted octanol–water partition coefficient (Wildman–Crippen LogP) is 0.727. The van der Waals surface area contributed by atoms with Crippen LogP contribution in [0.4, 0.5) is 4.79 Å². The lowest BCUT2D eigenvalue weighted by Crippen LogP contribution is -2.45. The average molecular weight is 170 g/mol. The molecule has 0 aromatic heterocycles. The summed E-state index contributed by atoms with van der Waals surface area (Å²) in [5.74, 6) is -0.0694. The van der Waals surface area contributed by atoms with Gasteiger partial charge in [0, 0.05) is 19.0 Å². The number of carbonyl (C=O) groups is 2. The molecule has 1 N–H and O–H groups in total. The van der Waals surface area contributed by atoms with Gasteiger partial charge >= 0.3 is 6.03 Å². The van der Waals surface area contributed by atoms with E-state index in [1.165, 1.54) is 4.90 Å². The van der Waals surface area contributed by atoms with Gasteiger partial charge in [0.1, 0.15) is 0 Å². The van der Waals surface area contributed by atoms with Crippen molar-refractivity contribution in [2.75, 3.05) is 6.54 Å². The van der Waals surface area contributed by atoms with Crippen LogP contribution in [0.1, 0.15) is 26.7 Å². The Labute approximate surface area is 71.9 Å². The first-order valence-corrected chi connectivity index (χ1v) is 4.23. The van der Waals surface area contributed by atoms with Crippen molar-refractivity contribution in [3.63, 3.8) is 0 Å². The number of carbonyl (C=O) groups excluding carboxylic acids is 2. The summed E-state index contributed by atoms with van der Waals surface area (Å²) in [4.78, 5) is 23.9. The normalized spacial score (nSPS) is 19.4. The van der Waals surface area contributed by atoms with Gasteiger partial charge < -0.3 is 5.32 Å². The minimum absolute atomic E-state index is 0.0457. The van der Waals surface area contributed by atoms with E-state index in [-0.39, 0.29) is 18.0 Å². The SMILES string of the molecule is CC(C)N1C(=O)CCCNC1=O. The van der Waals surface area contributed by atoms with Crippen molar-refractivity contribution in [2.45, 2.75) is 32.7 Å². The molecule has 0 bridgehead atoms. The highest BCUT2D eigenvalue weighted by molar-refractivity contribution is 5.95. The fraction of sp³-hybridized carbons (Fsp3) is 0.750. The molecular formula is C8H14N2O2. The molecule has 1 rings (SSSR count). The van der Waals surface area contributed by atoms with Gasteiger partial charge in [-0.3, -0.25) is 9.69 Å². The van der Waals surface area contributed by atoms with Gasteiger partial charge in [0.25, 0.3) is 0 Å². The maximum absolute atomic E-state index is 11.3. The smallest absolute Gasteiger partial charge is 0.324 e. The summed E-state index contributed by atoms with van der Waals surface area (Å²) in [6, 6.07) is -0.303. The van der Waals surface area contributed by atoms with Crippen LogP contribution in [0.3, 0.4) is 0 Å². The number of urea groups is 1. The van der Waals surface area contributed by atoms with Gasteiger partial charge in [-0.2, -0.15) is 0 Å². The van der Waals surface area contributed by atoms with Gasteiger partial charge in [-0.25, -0.2) is 4.79 Å². The van der Waals surface area contributed by atoms with Crippen LogP contribution >= 0.6 is 0 Å². The lowest BCUT2D eigenvalue weighted by molar-refractivity contribution is -0.129. The Bertz CT molecular complexity index is 183. The van der Waals surface area contributed by atoms with E-state index in [1.807, 2.05) is 13.8 Å². The maximum atomic E-state index is 11.3. The van der Waals surface area contributed by atoms with E-state index in [1.54, 1.807) is 0 Å². The molecular weight excluding hydrogens is 156 g/mol. The molecule has 1 fully saturated rings. The molecule has 12 heavy (non-hydrogen) atoms. The lowest BCUT2D eigenvalue weighted by Gasteiger charge is -2.22. The van der Waals surface area contributed by atoms with Crippen molar-refractivity contribution in [1.29, 1.82) is 0 Å². The van der Waals surface area contributed by atoms with Crippen LogP contribution in [0.25, 0.3) is 0 Å². The Hall–Kier alpha value is -1.06. The first kappa shape index (κ1) is 9.03. The third kappa shape index (κ3) is 1.75. The summed E-state index contributed by atoms with van der Waals surface area (Å²) in [6.45, 7) is 4.28. The van der Waals surface area contributed by atoms with E-state index in [0.29, 0.717) is 13.0 Å². The fourth-order valence-corrected chi connectivity index (χ4v) is 1.28. The van der Waals surface area contributed by atoms with Crippen LogP contribution in [0.2, 0.25) is 0 Å². The van der Waals surface area contributed by atoms with Crippen molar-refractivity contribution in [1.82, 2.24) is 10.2 Å². The molecule has 1 aliphatic rings. The van der Waals surface area contributed by atoms with E-state index >= 15 is 0 Å². The van der Waals surface area contributed by atoms with Gasteiger partial charge in [-0.05, 0) is 20.3 Å². The Balaban J connectivity index is 2.75. The van der Waals surface area contributed by atoms with Crippen molar-refractivity contribution in [2.24, 2.45) is 0 Å². The van der Waals surface area contributed by atoms with Crippen molar-refractivity contribution in [3.05, 3.63) is 0 Å². The van der Waals surface area contributed by atoms with Crippen LogP contribution in [-0.2, 0) is 4.79 Å². The Morgan fingerprint density at radius 3 is 2.67 bits per heavy atom. The highest BCUT2D eigenvalue weighted by Gasteiger charge is 2.25. The zero-order chi connectivity index (χ0) is 9.14. The van der Waals surface area contributed by atoms with Crippen LogP contribution < -0.4 is 5.32 Å². The topological polar surface area (TPSA) is 49.4 Å². The standard InChI is InChI=1S/C8H14N2O2/c1-6(2)10-7(11)4-3-5-9-8(10)12/h6H,3-5H2,1-2H3,(H,9,12). The molecule has 0 spiro atoms. The first-order chi connectivity index (χ1) is 5.63. The highest BCUT2D eigenvalue weighted by atomic mass is 16.2. The minimum atomic E-state index is -0.257. The van der Waals surface area contributed by atoms with Gasteiger partial charge in [0.05, 0.1) is 0 Å². The summed E-state index contributed by atoms with van der Waals surface area (Å²) in [7, 11) is 0. The molecule has 4 heteroatoms. The zero-order valence-electron chi connectivity index (χ0n) is 7.46. The van der Waals surface area contributed by atoms with Gasteiger partial charge in [-0.15, -0.1) is 0 Å². The summed E-state index contributed by atoms with van der Waals surface area (Å²) in [5, 5.41) is 2.67. The van der Waals surface area contributed by atoms with Crippen molar-refractivity contribution in [3.8, 4) is 0 Å². The summed E-state index contributed by atoms with van der Waals surface area (Å²) in [6.07, 6.45) is 1.21. The molecule has 1 saturated heterocycles. The number of rotatable bonds is 1. The molecule has 68 valence electrons. The molecule has 0 aromatic carbocycles. The second-order valence-corrected chi connectivity index (χ2v) is 3.19. The lowest BCUT2D eigenvalue weighted by atomic mass is 10.2. The monoisotopic (exact) mass is 170 g/mol. The molecule has 1 aliphatic heterocycles. The molecule has 0 unspecified atom stereocenters. The van der Waals surface area contributed by atoms with Crippen LogP contribution in [0, 0.1) is 0 Å². The van der Waals surface area contributed by atoms with Crippen molar-refractivity contribution >= 4 is 11.9 Å². The molecule has 3 amide bonds. The van der Waals surface area contributed by atoms with E-state index in [9.17, 15) is 9.59 Å². The van der Waals surface area contributed by atoms with Crippen LogP contribution in [0.5, 0.6) is 0 Å². The summed E-state index contributed by atoms with van der Waals surface area (Å²) in [5.41, 5.74) is 0. The number of amides is 3. The van der Waals surface area contributed by atoms with E-state index in [2.05, 4.69) is 5.32 Å². The fourth-order valence-electron chi connectivity index (χ4n) is 1.28. The highest BCUT2D eigenvalue weighted by Crippen LogP contribution is 2.07. The minimum Gasteiger partial charge on any atom is -0.338 e. The number of imide groups is 1. The number of nitrogens with one attached hydrogen (secondary N) is 1. The van der Waals surface area contributed by atoms with Gasteiger partial charge in [0.15, 0.2) is 0 Å². The number of hydrogen-bond acceptors (Lipinski definition) is 2. The molecule has 4 nitrogen and oxygen atoms in total. The first-order valence-electron chi connectivity index (χ1n) is 4.23. The van der Waals surface area contributed by atoms with Gasteiger partial charge in [-0.1, -0.05) is 0 Å². The number of nitrogens with zero attached hydrogens (tertiary/aromatic N) is 1. The van der Waals surface area contributed by atoms with E-state index in [0.717, 1.165) is 6.42 Å². The molecule has 0 saturated carbocycles. The predicted molar refractivity (Wildman–Crippen MR) is 44.6 cm³/mol. The molecule has 1 heterocycles. The molecule has 0 atom stereocenters.